The predicted molar refractivity (Wildman–Crippen MR) is 286 cm³/mol. The van der Waals surface area contributed by atoms with E-state index in [9.17, 15) is 29.2 Å². The molecule has 10 rings (SSSR count). The Bertz CT molecular complexity index is 3330. The number of amides is 2. The summed E-state index contributed by atoms with van der Waals surface area (Å²) in [4.78, 5) is 87.4. The molecule has 0 bridgehead atoms. The molecule has 2 amide bonds. The number of rotatable bonds is 12. The van der Waals surface area contributed by atoms with Crippen LogP contribution < -0.4 is 5.73 Å². The summed E-state index contributed by atoms with van der Waals surface area (Å²) in [6, 6.07) is 44.7. The first kappa shape index (κ1) is 52.8. The zero-order chi connectivity index (χ0) is 52.8. The fourth-order valence-corrected chi connectivity index (χ4v) is 9.35. The maximum Gasteiger partial charge on any atom is 0.255 e. The minimum absolute atomic E-state index is 0.0681. The highest BCUT2D eigenvalue weighted by Gasteiger charge is 2.37. The molecular weight excluding hydrogens is 988 g/mol. The van der Waals surface area contributed by atoms with Gasteiger partial charge in [0.05, 0.1) is 17.8 Å². The molecule has 3 N–H and O–H groups in total. The lowest BCUT2D eigenvalue weighted by Crippen LogP contribution is -2.44. The monoisotopic (exact) mass is 1040 g/mol. The molecule has 0 aliphatic carbocycles. The van der Waals surface area contributed by atoms with Gasteiger partial charge in [-0.25, -0.2) is 0 Å². The van der Waals surface area contributed by atoms with Crippen molar-refractivity contribution in [2.45, 2.75) is 50.9 Å². The van der Waals surface area contributed by atoms with Crippen LogP contribution >= 0.6 is 23.2 Å². The molecular formula is C59H50Cl2N8O6. The summed E-state index contributed by atoms with van der Waals surface area (Å²) >= 11 is 12.3. The van der Waals surface area contributed by atoms with E-state index < -0.39 is 12.1 Å². The Balaban J connectivity index is 0.000000193. The number of nitrogens with two attached hydrogens (primary N) is 1. The highest BCUT2D eigenvalue weighted by atomic mass is 35.5. The Morgan fingerprint density at radius 1 is 0.547 bits per heavy atom. The molecule has 8 aromatic rings. The Morgan fingerprint density at radius 2 is 0.960 bits per heavy atom. The van der Waals surface area contributed by atoms with Crippen LogP contribution in [0.15, 0.2) is 188 Å². The highest BCUT2D eigenvalue weighted by Crippen LogP contribution is 2.29. The Kier molecular flexibility index (Phi) is 17.5. The summed E-state index contributed by atoms with van der Waals surface area (Å²) in [5.74, 6) is -0.781. The summed E-state index contributed by atoms with van der Waals surface area (Å²) in [6.45, 7) is 0.432. The largest absolute Gasteiger partial charge is 0.410 e. The van der Waals surface area contributed by atoms with Gasteiger partial charge in [-0.2, -0.15) is 0 Å². The highest BCUT2D eigenvalue weighted by molar-refractivity contribution is 6.31. The zero-order valence-electron chi connectivity index (χ0n) is 40.7. The molecule has 0 unspecified atom stereocenters. The number of nitrogens with zero attached hydrogens (tertiary/aromatic N) is 7. The average Bonchev–Trinajstić information content (AvgIpc) is 3.60. The van der Waals surface area contributed by atoms with Crippen molar-refractivity contribution in [2.24, 2.45) is 10.9 Å². The number of benzene rings is 4. The molecule has 0 radical (unpaired) electrons. The number of fused-ring (bicyclic) bond motifs is 2. The van der Waals surface area contributed by atoms with Gasteiger partial charge in [0.2, 0.25) is 5.78 Å². The van der Waals surface area contributed by atoms with E-state index in [1.54, 1.807) is 126 Å². The number of hydrogen-bond acceptors (Lipinski definition) is 12. The van der Waals surface area contributed by atoms with Crippen LogP contribution in [0.25, 0.3) is 0 Å². The number of carbonyl (C=O) groups excluding carboxylic acids is 5. The normalized spacial score (nSPS) is 15.3. The zero-order valence-corrected chi connectivity index (χ0v) is 42.2. The van der Waals surface area contributed by atoms with E-state index in [2.05, 4.69) is 30.8 Å². The average molecular weight is 1040 g/mol. The van der Waals surface area contributed by atoms with Crippen LogP contribution in [-0.4, -0.2) is 89.0 Å². The third-order valence-electron chi connectivity index (χ3n) is 12.7. The Hall–Kier alpha value is -8.56. The van der Waals surface area contributed by atoms with E-state index in [1.165, 1.54) is 7.05 Å². The first-order chi connectivity index (χ1) is 36.5. The number of carbonyl (C=O) groups is 5. The second-order valence-electron chi connectivity index (χ2n) is 17.4. The third-order valence-corrected chi connectivity index (χ3v) is 13.1. The molecule has 0 saturated carbocycles. The summed E-state index contributed by atoms with van der Waals surface area (Å²) in [7, 11) is 1.50. The van der Waals surface area contributed by atoms with Crippen LogP contribution in [0.4, 0.5) is 0 Å². The van der Waals surface area contributed by atoms with Crippen LogP contribution in [-0.2, 0) is 48.4 Å². The molecule has 2 aliphatic rings. The molecule has 0 fully saturated rings. The number of Topliss-reactive ketones (excluding diaryl/α,β-unsaturated/α-hetero) is 2. The number of halogens is 2. The number of oxime groups is 1. The third kappa shape index (κ3) is 12.8. The van der Waals surface area contributed by atoms with Gasteiger partial charge in [-0.05, 0) is 114 Å². The van der Waals surface area contributed by atoms with E-state index in [0.29, 0.717) is 73.4 Å². The Morgan fingerprint density at radius 3 is 1.36 bits per heavy atom. The lowest BCUT2D eigenvalue weighted by Gasteiger charge is -2.29. The Labute approximate surface area is 443 Å². The molecule has 0 spiro atoms. The number of aromatic nitrogens is 4. The lowest BCUT2D eigenvalue weighted by atomic mass is 9.99. The van der Waals surface area contributed by atoms with E-state index in [1.807, 2.05) is 66.7 Å². The number of ketones is 3. The van der Waals surface area contributed by atoms with E-state index in [4.69, 9.17) is 23.2 Å². The molecule has 2 aliphatic heterocycles. The van der Waals surface area contributed by atoms with Gasteiger partial charge in [0.25, 0.3) is 11.8 Å². The van der Waals surface area contributed by atoms with Crippen molar-refractivity contribution in [1.82, 2.24) is 29.7 Å². The molecule has 6 heterocycles. The first-order valence-corrected chi connectivity index (χ1v) is 24.7. The fraction of sp³-hybridized carbons (Fsp3) is 0.153. The van der Waals surface area contributed by atoms with Gasteiger partial charge in [-0.15, -0.1) is 0 Å². The standard InChI is InChI=1S/C29H23ClN4O3.C29H22ClN3O3.CH5N/c30-22-11-12-24-21(15-22)16-27(35)26(17-23-5-1-3-13-31-23)34(29(24)36)18-19-7-9-20(10-8-19)28(33-37)25-6-2-4-14-32-25;30-22-11-12-24-21(15-22)16-27(34)26(17-23-5-1-3-13-31-23)33(29(24)36)18-19-7-9-20(10-8-19)28(35)25-6-2-4-14-32-25;1-2/h1-15,26,37H,16-18H2;1-15,26H,16-18H2;2H2,1H3/t2*26-;/m11./s1. The minimum atomic E-state index is -0.687. The SMILES string of the molecule is CN.O=C(c1ccc(CN2C(=O)c3ccc(Cl)cc3CC(=O)[C@H]2Cc2ccccn2)cc1)c1ccccn1.O=C1Cc2cc(Cl)ccc2C(=O)N(Cc2ccc(C(=NO)c3ccccn3)cc2)[C@@H]1Cc1ccccn1. The second kappa shape index (κ2) is 24.9. The maximum atomic E-state index is 13.8. The summed E-state index contributed by atoms with van der Waals surface area (Å²) < 4.78 is 0. The van der Waals surface area contributed by atoms with Crippen molar-refractivity contribution < 1.29 is 29.2 Å². The van der Waals surface area contributed by atoms with Crippen LogP contribution in [0.1, 0.15) is 81.7 Å². The molecule has 376 valence electrons. The summed E-state index contributed by atoms with van der Waals surface area (Å²) in [5.41, 5.74) is 12.2. The molecule has 75 heavy (non-hydrogen) atoms. The maximum absolute atomic E-state index is 13.8. The fourth-order valence-electron chi connectivity index (χ4n) is 8.96. The van der Waals surface area contributed by atoms with E-state index in [-0.39, 0.29) is 55.1 Å². The molecule has 16 heteroatoms. The molecule has 4 aromatic heterocycles. The smallest absolute Gasteiger partial charge is 0.255 e. The number of pyridine rings is 4. The van der Waals surface area contributed by atoms with Crippen LogP contribution in [0, 0.1) is 0 Å². The van der Waals surface area contributed by atoms with Gasteiger partial charge in [0.15, 0.2) is 11.6 Å². The molecule has 0 saturated heterocycles. The van der Waals surface area contributed by atoms with Gasteiger partial charge in [0.1, 0.15) is 11.4 Å². The van der Waals surface area contributed by atoms with Crippen molar-refractivity contribution in [3.63, 3.8) is 0 Å². The van der Waals surface area contributed by atoms with Crippen molar-refractivity contribution in [2.75, 3.05) is 7.05 Å². The van der Waals surface area contributed by atoms with Gasteiger partial charge >= 0.3 is 0 Å². The van der Waals surface area contributed by atoms with Gasteiger partial charge < -0.3 is 20.7 Å². The van der Waals surface area contributed by atoms with Crippen LogP contribution in [0.2, 0.25) is 10.0 Å². The van der Waals surface area contributed by atoms with Gasteiger partial charge in [-0.3, -0.25) is 43.9 Å². The van der Waals surface area contributed by atoms with Crippen LogP contribution in [0.5, 0.6) is 0 Å². The van der Waals surface area contributed by atoms with Crippen LogP contribution in [0.3, 0.4) is 0 Å². The lowest BCUT2D eigenvalue weighted by molar-refractivity contribution is -0.123. The topological polar surface area (TPSA) is 202 Å². The van der Waals surface area contributed by atoms with Gasteiger partial charge in [-0.1, -0.05) is 101 Å². The minimum Gasteiger partial charge on any atom is -0.410 e. The summed E-state index contributed by atoms with van der Waals surface area (Å²) in [5, 5.41) is 14.0. The molecule has 14 nitrogen and oxygen atoms in total. The van der Waals surface area contributed by atoms with Crippen molar-refractivity contribution in [3.8, 4) is 0 Å². The second-order valence-corrected chi connectivity index (χ2v) is 18.3. The first-order valence-electron chi connectivity index (χ1n) is 23.9. The van der Waals surface area contributed by atoms with Crippen molar-refractivity contribution in [3.05, 3.63) is 260 Å². The molecule has 2 atom stereocenters. The number of hydrogen-bond donors (Lipinski definition) is 2. The predicted octanol–water partition coefficient (Wildman–Crippen LogP) is 9.05. The van der Waals surface area contributed by atoms with Gasteiger partial charge in [0, 0.05) is 107 Å². The quantitative estimate of drug-likeness (QED) is 0.0512. The van der Waals surface area contributed by atoms with E-state index >= 15 is 0 Å². The van der Waals surface area contributed by atoms with E-state index in [0.717, 1.165) is 22.5 Å². The van der Waals surface area contributed by atoms with Crippen molar-refractivity contribution >= 4 is 58.1 Å². The van der Waals surface area contributed by atoms with Crippen molar-refractivity contribution in [1.29, 1.82) is 0 Å². The molecule has 4 aromatic carbocycles. The summed E-state index contributed by atoms with van der Waals surface area (Å²) in [6.07, 6.45) is 7.42.